The Hall–Kier alpha value is -3.92. The van der Waals surface area contributed by atoms with E-state index in [4.69, 9.17) is 4.98 Å². The van der Waals surface area contributed by atoms with Crippen molar-refractivity contribution in [3.8, 4) is 0 Å². The number of carbonyl (C=O) groups is 2. The summed E-state index contributed by atoms with van der Waals surface area (Å²) in [4.78, 5) is 52.6. The Kier molecular flexibility index (Phi) is 5.40. The van der Waals surface area contributed by atoms with Crippen LogP contribution in [0.1, 0.15) is 30.1 Å². The van der Waals surface area contributed by atoms with Crippen molar-refractivity contribution in [3.63, 3.8) is 0 Å². The van der Waals surface area contributed by atoms with Crippen molar-refractivity contribution in [2.24, 2.45) is 0 Å². The molecule has 0 spiro atoms. The lowest BCUT2D eigenvalue weighted by Gasteiger charge is -2.35. The number of fused-ring (bicyclic) bond motifs is 5. The molecule has 0 N–H and O–H groups in total. The van der Waals surface area contributed by atoms with Gasteiger partial charge in [0.05, 0.1) is 23.1 Å². The first-order valence-electron chi connectivity index (χ1n) is 13.5. The largest absolute Gasteiger partial charge is 0.353 e. The van der Waals surface area contributed by atoms with Gasteiger partial charge in [0.1, 0.15) is 17.0 Å². The number of hydrogen-bond donors (Lipinski definition) is 0. The first kappa shape index (κ1) is 23.2. The fourth-order valence-electron chi connectivity index (χ4n) is 6.31. The minimum Gasteiger partial charge on any atom is -0.353 e. The number of imidazole rings is 1. The van der Waals surface area contributed by atoms with Gasteiger partial charge in [0, 0.05) is 46.2 Å². The van der Waals surface area contributed by atoms with Crippen LogP contribution in [0.15, 0.2) is 41.2 Å². The lowest BCUT2D eigenvalue weighted by Crippen LogP contribution is -2.48. The molecule has 0 aliphatic carbocycles. The molecule has 0 saturated carbocycles. The van der Waals surface area contributed by atoms with E-state index in [9.17, 15) is 14.4 Å². The van der Waals surface area contributed by atoms with Crippen LogP contribution in [0.4, 0.5) is 5.82 Å². The molecular weight excluding hydrogens is 482 g/mol. The third kappa shape index (κ3) is 3.50. The van der Waals surface area contributed by atoms with Gasteiger partial charge in [0.15, 0.2) is 5.65 Å². The molecule has 2 fully saturated rings. The Labute approximate surface area is 219 Å². The predicted octanol–water partition coefficient (Wildman–Crippen LogP) is 1.98. The van der Waals surface area contributed by atoms with Crippen LogP contribution in [0, 0.1) is 0 Å². The summed E-state index contributed by atoms with van der Waals surface area (Å²) in [5, 5.41) is 0.446. The highest BCUT2D eigenvalue weighted by atomic mass is 16.2. The maximum absolute atomic E-state index is 13.9. The minimum atomic E-state index is -0.264. The van der Waals surface area contributed by atoms with Gasteiger partial charge in [-0.3, -0.25) is 18.8 Å². The van der Waals surface area contributed by atoms with E-state index in [1.807, 2.05) is 50.6 Å². The Bertz CT molecular complexity index is 1660. The molecule has 6 heterocycles. The van der Waals surface area contributed by atoms with E-state index < -0.39 is 0 Å². The summed E-state index contributed by atoms with van der Waals surface area (Å²) in [7, 11) is 0. The summed E-state index contributed by atoms with van der Waals surface area (Å²) in [5.41, 5.74) is 3.05. The number of hydrogen-bond acceptors (Lipinski definition) is 6. The van der Waals surface area contributed by atoms with Crippen LogP contribution < -0.4 is 10.3 Å². The van der Waals surface area contributed by atoms with Crippen molar-refractivity contribution >= 4 is 45.3 Å². The Morgan fingerprint density at radius 2 is 1.63 bits per heavy atom. The maximum Gasteiger partial charge on any atom is 0.263 e. The van der Waals surface area contributed by atoms with Crippen LogP contribution in [-0.2, 0) is 11.5 Å². The molecule has 1 aromatic carbocycles. The number of rotatable bonds is 4. The van der Waals surface area contributed by atoms with Crippen LogP contribution in [0.3, 0.4) is 0 Å². The van der Waals surface area contributed by atoms with E-state index in [2.05, 4.69) is 14.4 Å². The number of benzene rings is 1. The maximum atomic E-state index is 13.9. The minimum absolute atomic E-state index is 0.0818. The van der Waals surface area contributed by atoms with E-state index in [0.29, 0.717) is 56.1 Å². The number of amides is 2. The molecule has 3 aromatic heterocycles. The molecular formula is C28H31N7O3. The van der Waals surface area contributed by atoms with Gasteiger partial charge in [-0.25, -0.2) is 4.98 Å². The second-order valence-corrected chi connectivity index (χ2v) is 10.6. The molecule has 0 radical (unpaired) electrons. The van der Waals surface area contributed by atoms with Gasteiger partial charge in [0.25, 0.3) is 5.91 Å². The number of para-hydroxylation sites is 2. The fourth-order valence-corrected chi connectivity index (χ4v) is 6.31. The lowest BCUT2D eigenvalue weighted by molar-refractivity contribution is -0.129. The highest BCUT2D eigenvalue weighted by Gasteiger charge is 2.33. The predicted molar refractivity (Wildman–Crippen MR) is 146 cm³/mol. The molecule has 38 heavy (non-hydrogen) atoms. The average Bonchev–Trinajstić information content (AvgIpc) is 3.57. The molecule has 4 aromatic rings. The highest BCUT2D eigenvalue weighted by molar-refractivity contribution is 6.07. The van der Waals surface area contributed by atoms with Crippen LogP contribution >= 0.6 is 0 Å². The molecule has 0 bridgehead atoms. The zero-order valence-electron chi connectivity index (χ0n) is 21.6. The number of carbonyl (C=O) groups excluding carboxylic acids is 2. The number of pyridine rings is 2. The Balaban J connectivity index is 1.36. The molecule has 7 rings (SSSR count). The van der Waals surface area contributed by atoms with Gasteiger partial charge in [-0.15, -0.1) is 0 Å². The fraction of sp³-hybridized carbons (Fsp3) is 0.429. The first-order valence-corrected chi connectivity index (χ1v) is 13.5. The topological polar surface area (TPSA) is 86.4 Å². The van der Waals surface area contributed by atoms with E-state index >= 15 is 0 Å². The highest BCUT2D eigenvalue weighted by Crippen LogP contribution is 2.31. The van der Waals surface area contributed by atoms with Crippen molar-refractivity contribution in [2.45, 2.75) is 26.4 Å². The van der Waals surface area contributed by atoms with Gasteiger partial charge in [-0.1, -0.05) is 12.1 Å². The summed E-state index contributed by atoms with van der Waals surface area (Å²) < 4.78 is 4.09. The Morgan fingerprint density at radius 1 is 0.895 bits per heavy atom. The number of aromatic nitrogens is 3. The smallest absolute Gasteiger partial charge is 0.263 e. The number of nitrogens with zero attached hydrogens (tertiary/aromatic N) is 7. The second kappa shape index (κ2) is 8.83. The zero-order chi connectivity index (χ0) is 26.0. The van der Waals surface area contributed by atoms with Gasteiger partial charge in [0.2, 0.25) is 11.3 Å². The van der Waals surface area contributed by atoms with Gasteiger partial charge in [-0.2, -0.15) is 0 Å². The summed E-state index contributed by atoms with van der Waals surface area (Å²) in [6.45, 7) is 8.21. The first-order chi connectivity index (χ1) is 18.5. The van der Waals surface area contributed by atoms with Crippen molar-refractivity contribution in [2.75, 3.05) is 57.3 Å². The molecule has 2 saturated heterocycles. The summed E-state index contributed by atoms with van der Waals surface area (Å²) in [6, 6.07) is 11.7. The Morgan fingerprint density at radius 3 is 2.37 bits per heavy atom. The van der Waals surface area contributed by atoms with Crippen molar-refractivity contribution in [1.82, 2.24) is 28.7 Å². The zero-order valence-corrected chi connectivity index (χ0v) is 21.6. The van der Waals surface area contributed by atoms with Gasteiger partial charge in [-0.05, 0) is 50.2 Å². The van der Waals surface area contributed by atoms with Crippen molar-refractivity contribution in [1.29, 1.82) is 0 Å². The molecule has 10 nitrogen and oxygen atoms in total. The molecule has 10 heteroatoms. The molecule has 196 valence electrons. The normalized spacial score (nSPS) is 18.4. The van der Waals surface area contributed by atoms with Crippen LogP contribution in [0.25, 0.3) is 27.7 Å². The standard InChI is InChI=1S/C28H31N7O3/c1-19(36)31-14-16-32(17-15-31)23-9-8-20-25(37)24-27-34(18-33(28(24)38)13-12-30-10-4-5-11-30)21-6-2-3-7-22(21)35(27)26(20)29-23/h2-3,6-9H,4-5,10-18H2,1H3. The quantitative estimate of drug-likeness (QED) is 0.415. The monoisotopic (exact) mass is 513 g/mol. The number of anilines is 1. The molecule has 3 aliphatic rings. The van der Waals surface area contributed by atoms with Crippen LogP contribution in [0.5, 0.6) is 0 Å². The van der Waals surface area contributed by atoms with Crippen molar-refractivity contribution in [3.05, 3.63) is 52.2 Å². The summed E-state index contributed by atoms with van der Waals surface area (Å²) in [5.74, 6) is 0.653. The van der Waals surface area contributed by atoms with Crippen LogP contribution in [0.2, 0.25) is 0 Å². The average molecular weight is 514 g/mol. The van der Waals surface area contributed by atoms with Gasteiger partial charge >= 0.3 is 0 Å². The summed E-state index contributed by atoms with van der Waals surface area (Å²) >= 11 is 0. The molecule has 0 unspecified atom stereocenters. The number of piperazine rings is 1. The van der Waals surface area contributed by atoms with E-state index in [1.54, 1.807) is 6.92 Å². The lowest BCUT2D eigenvalue weighted by atomic mass is 10.1. The molecule has 0 atom stereocenters. The summed E-state index contributed by atoms with van der Waals surface area (Å²) in [6.07, 6.45) is 2.41. The third-order valence-electron chi connectivity index (χ3n) is 8.40. The van der Waals surface area contributed by atoms with Crippen LogP contribution in [-0.4, -0.2) is 92.8 Å². The SMILES string of the molecule is CC(=O)N1CCN(c2ccc3c(=O)c4c5n(c6ccccc6n5c3n2)CN(CCN2CCCC2)C4=O)CC1. The van der Waals surface area contributed by atoms with E-state index in [-0.39, 0.29) is 22.8 Å². The molecule has 3 aliphatic heterocycles. The molecule has 2 amide bonds. The van der Waals surface area contributed by atoms with E-state index in [0.717, 1.165) is 36.5 Å². The number of likely N-dealkylation sites (tertiary alicyclic amines) is 1. The third-order valence-corrected chi connectivity index (χ3v) is 8.40. The van der Waals surface area contributed by atoms with Crippen molar-refractivity contribution < 1.29 is 9.59 Å². The second-order valence-electron chi connectivity index (χ2n) is 10.6. The van der Waals surface area contributed by atoms with Gasteiger partial charge < -0.3 is 24.2 Å². The van der Waals surface area contributed by atoms with E-state index in [1.165, 1.54) is 12.8 Å².